The van der Waals surface area contributed by atoms with Gasteiger partial charge in [-0.3, -0.25) is 0 Å². The van der Waals surface area contributed by atoms with Crippen LogP contribution in [0.3, 0.4) is 0 Å². The molecule has 0 amide bonds. The van der Waals surface area contributed by atoms with E-state index < -0.39 is 0 Å². The molecule has 0 unspecified atom stereocenters. The Balaban J connectivity index is 2.44. The molecule has 0 aromatic carbocycles. The van der Waals surface area contributed by atoms with Crippen LogP contribution in [0.1, 0.15) is 47.0 Å². The average Bonchev–Trinajstić information content (AvgIpc) is 2.48. The zero-order valence-electron chi connectivity index (χ0n) is 9.64. The molecule has 14 heavy (non-hydrogen) atoms. The summed E-state index contributed by atoms with van der Waals surface area (Å²) in [6.07, 6.45) is 4.11. The van der Waals surface area contributed by atoms with Crippen LogP contribution in [0.4, 0.5) is 0 Å². The minimum absolute atomic E-state index is 0.442. The van der Waals surface area contributed by atoms with Crippen LogP contribution in [0.2, 0.25) is 0 Å². The molecule has 0 bridgehead atoms. The lowest BCUT2D eigenvalue weighted by atomic mass is 9.88. The molecule has 0 atom stereocenters. The maximum absolute atomic E-state index is 2.42. The standard InChI is InChI=1S/C12H20S2/c1-11(2)6-5-7-12(3,4)10-9(11)13-8-14-10/h5-8H2,1-4H3. The highest BCUT2D eigenvalue weighted by Gasteiger charge is 2.39. The van der Waals surface area contributed by atoms with Gasteiger partial charge in [-0.1, -0.05) is 34.1 Å². The van der Waals surface area contributed by atoms with E-state index in [1.165, 1.54) is 24.3 Å². The summed E-state index contributed by atoms with van der Waals surface area (Å²) in [7, 11) is 0. The van der Waals surface area contributed by atoms with Crippen molar-refractivity contribution in [1.29, 1.82) is 0 Å². The van der Waals surface area contributed by atoms with Crippen molar-refractivity contribution in [3.63, 3.8) is 0 Å². The fourth-order valence-corrected chi connectivity index (χ4v) is 5.82. The SMILES string of the molecule is CC1(C)CCCC(C)(C)C2=C1SCS2. The molecule has 2 aliphatic rings. The van der Waals surface area contributed by atoms with Gasteiger partial charge >= 0.3 is 0 Å². The molecule has 2 heteroatoms. The van der Waals surface area contributed by atoms with Gasteiger partial charge < -0.3 is 0 Å². The van der Waals surface area contributed by atoms with Gasteiger partial charge in [0.05, 0.1) is 0 Å². The zero-order chi connectivity index (χ0) is 10.4. The number of allylic oxidation sites excluding steroid dienone is 2. The lowest BCUT2D eigenvalue weighted by Crippen LogP contribution is -2.13. The first-order valence-corrected chi connectivity index (χ1v) is 7.41. The Morgan fingerprint density at radius 2 is 1.29 bits per heavy atom. The van der Waals surface area contributed by atoms with Gasteiger partial charge in [-0.05, 0) is 23.7 Å². The van der Waals surface area contributed by atoms with Crippen LogP contribution in [0.5, 0.6) is 0 Å². The van der Waals surface area contributed by atoms with Gasteiger partial charge in [0.1, 0.15) is 0 Å². The second-order valence-electron chi connectivity index (χ2n) is 5.69. The summed E-state index contributed by atoms with van der Waals surface area (Å²) in [6, 6.07) is 0. The summed E-state index contributed by atoms with van der Waals surface area (Å²) in [5.41, 5.74) is 0.883. The van der Waals surface area contributed by atoms with E-state index in [1.807, 2.05) is 0 Å². The monoisotopic (exact) mass is 228 g/mol. The number of hydrogen-bond acceptors (Lipinski definition) is 2. The van der Waals surface area contributed by atoms with E-state index in [4.69, 9.17) is 0 Å². The van der Waals surface area contributed by atoms with Gasteiger partial charge in [-0.15, -0.1) is 23.5 Å². The van der Waals surface area contributed by atoms with Crippen LogP contribution >= 0.6 is 23.5 Å². The molecule has 0 fully saturated rings. The molecular weight excluding hydrogens is 208 g/mol. The van der Waals surface area contributed by atoms with Crippen LogP contribution in [-0.4, -0.2) is 5.08 Å². The van der Waals surface area contributed by atoms with Crippen LogP contribution in [-0.2, 0) is 0 Å². The van der Waals surface area contributed by atoms with Crippen LogP contribution in [0.15, 0.2) is 9.81 Å². The smallest absolute Gasteiger partial charge is 0.0481 e. The molecule has 1 aliphatic carbocycles. The van der Waals surface area contributed by atoms with Crippen molar-refractivity contribution in [2.24, 2.45) is 10.8 Å². The van der Waals surface area contributed by atoms with Gasteiger partial charge in [-0.2, -0.15) is 0 Å². The summed E-state index contributed by atoms with van der Waals surface area (Å²) in [4.78, 5) is 3.40. The Hall–Kier alpha value is 0.440. The summed E-state index contributed by atoms with van der Waals surface area (Å²) in [6.45, 7) is 9.68. The summed E-state index contributed by atoms with van der Waals surface area (Å²) >= 11 is 4.18. The first-order chi connectivity index (χ1) is 6.43. The summed E-state index contributed by atoms with van der Waals surface area (Å²) < 4.78 is 0. The maximum Gasteiger partial charge on any atom is 0.0481 e. The van der Waals surface area contributed by atoms with E-state index >= 15 is 0 Å². The van der Waals surface area contributed by atoms with E-state index in [0.29, 0.717) is 10.8 Å². The molecule has 0 N–H and O–H groups in total. The molecule has 0 radical (unpaired) electrons. The molecule has 80 valence electrons. The molecule has 2 rings (SSSR count). The van der Waals surface area contributed by atoms with Crippen molar-refractivity contribution < 1.29 is 0 Å². The lowest BCUT2D eigenvalue weighted by Gasteiger charge is -2.27. The van der Waals surface area contributed by atoms with Crippen molar-refractivity contribution >= 4 is 23.5 Å². The minimum atomic E-state index is 0.442. The van der Waals surface area contributed by atoms with Crippen molar-refractivity contribution in [3.05, 3.63) is 9.81 Å². The predicted octanol–water partition coefficient (Wildman–Crippen LogP) is 4.87. The number of rotatable bonds is 0. The number of thioether (sulfide) groups is 2. The summed E-state index contributed by atoms with van der Waals surface area (Å²) in [5, 5.41) is 1.25. The Morgan fingerprint density at radius 1 is 0.857 bits per heavy atom. The molecule has 0 saturated carbocycles. The third kappa shape index (κ3) is 1.76. The average molecular weight is 228 g/mol. The molecule has 1 aliphatic heterocycles. The fraction of sp³-hybridized carbons (Fsp3) is 0.833. The van der Waals surface area contributed by atoms with Gasteiger partial charge in [0.25, 0.3) is 0 Å². The minimum Gasteiger partial charge on any atom is -0.118 e. The molecule has 0 spiro atoms. The Kier molecular flexibility index (Phi) is 2.72. The molecule has 1 heterocycles. The van der Waals surface area contributed by atoms with Crippen molar-refractivity contribution in [2.45, 2.75) is 47.0 Å². The maximum atomic E-state index is 2.42. The first-order valence-electron chi connectivity index (χ1n) is 5.44. The van der Waals surface area contributed by atoms with Gasteiger partial charge in [0.2, 0.25) is 0 Å². The van der Waals surface area contributed by atoms with Crippen molar-refractivity contribution in [1.82, 2.24) is 0 Å². The van der Waals surface area contributed by atoms with Crippen LogP contribution in [0.25, 0.3) is 0 Å². The third-order valence-electron chi connectivity index (χ3n) is 3.45. The molecule has 0 aromatic rings. The Bertz CT molecular complexity index is 248. The highest BCUT2D eigenvalue weighted by Crippen LogP contribution is 2.58. The largest absolute Gasteiger partial charge is 0.118 e. The van der Waals surface area contributed by atoms with E-state index in [1.54, 1.807) is 9.81 Å². The lowest BCUT2D eigenvalue weighted by molar-refractivity contribution is 0.379. The van der Waals surface area contributed by atoms with E-state index in [9.17, 15) is 0 Å². The second-order valence-corrected chi connectivity index (χ2v) is 8.02. The molecule has 0 nitrogen and oxygen atoms in total. The Labute approximate surface area is 96.3 Å². The zero-order valence-corrected chi connectivity index (χ0v) is 11.3. The van der Waals surface area contributed by atoms with Gasteiger partial charge in [0, 0.05) is 14.9 Å². The highest BCUT2D eigenvalue weighted by atomic mass is 32.2. The van der Waals surface area contributed by atoms with Crippen LogP contribution in [0, 0.1) is 10.8 Å². The molecular formula is C12H20S2. The fourth-order valence-electron chi connectivity index (χ4n) is 2.48. The normalized spacial score (nSPS) is 30.0. The van der Waals surface area contributed by atoms with E-state index in [0.717, 1.165) is 0 Å². The quantitative estimate of drug-likeness (QED) is 0.580. The predicted molar refractivity (Wildman–Crippen MR) is 68.5 cm³/mol. The molecule has 0 aromatic heterocycles. The van der Waals surface area contributed by atoms with Crippen LogP contribution < -0.4 is 0 Å². The number of hydrogen-bond donors (Lipinski definition) is 0. The van der Waals surface area contributed by atoms with Gasteiger partial charge in [-0.25, -0.2) is 0 Å². The molecule has 0 saturated heterocycles. The third-order valence-corrected chi connectivity index (χ3v) is 6.61. The second kappa shape index (κ2) is 3.48. The van der Waals surface area contributed by atoms with E-state index in [-0.39, 0.29) is 0 Å². The Morgan fingerprint density at radius 3 is 1.71 bits per heavy atom. The first kappa shape index (κ1) is 10.9. The van der Waals surface area contributed by atoms with Crippen molar-refractivity contribution in [2.75, 3.05) is 5.08 Å². The highest BCUT2D eigenvalue weighted by molar-refractivity contribution is 8.22. The topological polar surface area (TPSA) is 0 Å². The summed E-state index contributed by atoms with van der Waals surface area (Å²) in [5.74, 6) is 0. The van der Waals surface area contributed by atoms with Gasteiger partial charge in [0.15, 0.2) is 0 Å². The van der Waals surface area contributed by atoms with E-state index in [2.05, 4.69) is 51.2 Å². The van der Waals surface area contributed by atoms with Crippen molar-refractivity contribution in [3.8, 4) is 0 Å².